The summed E-state index contributed by atoms with van der Waals surface area (Å²) in [6.45, 7) is 4.09. The summed E-state index contributed by atoms with van der Waals surface area (Å²) < 4.78 is 34.0. The third-order valence-corrected chi connectivity index (χ3v) is 11.9. The van der Waals surface area contributed by atoms with E-state index in [9.17, 15) is 19.0 Å². The molecule has 0 fully saturated rings. The Labute approximate surface area is 382 Å². The van der Waals surface area contributed by atoms with Gasteiger partial charge in [0.1, 0.15) is 19.8 Å². The van der Waals surface area contributed by atoms with E-state index in [4.69, 9.17) is 18.5 Å². The van der Waals surface area contributed by atoms with Crippen molar-refractivity contribution in [3.63, 3.8) is 0 Å². The summed E-state index contributed by atoms with van der Waals surface area (Å²) >= 11 is 0. The number of unbranched alkanes of at least 4 members (excludes halogenated alkanes) is 27. The van der Waals surface area contributed by atoms with Crippen LogP contribution in [-0.2, 0) is 32.7 Å². The number of quaternary nitrogens is 1. The van der Waals surface area contributed by atoms with Gasteiger partial charge in [0.05, 0.1) is 27.7 Å². The first kappa shape index (κ1) is 60.0. The maximum Gasteiger partial charge on any atom is 0.306 e. The number of hydrogen-bond donors (Lipinski definition) is 0. The fraction of sp³-hybridized carbons (Fsp3) is 0.808. The van der Waals surface area contributed by atoms with Gasteiger partial charge in [0.15, 0.2) is 6.10 Å². The Kier molecular flexibility index (Phi) is 42.7. The fourth-order valence-electron chi connectivity index (χ4n) is 7.02. The van der Waals surface area contributed by atoms with Crippen molar-refractivity contribution in [1.82, 2.24) is 0 Å². The molecule has 0 bridgehead atoms. The molecular weight excluding hydrogens is 798 g/mol. The van der Waals surface area contributed by atoms with Gasteiger partial charge in [-0.25, -0.2) is 0 Å². The molecule has 0 aliphatic carbocycles. The van der Waals surface area contributed by atoms with Crippen molar-refractivity contribution in [3.8, 4) is 0 Å². The highest BCUT2D eigenvalue weighted by Gasteiger charge is 2.21. The van der Waals surface area contributed by atoms with E-state index in [1.807, 2.05) is 51.5 Å². The Morgan fingerprint density at radius 3 is 1.37 bits per heavy atom. The molecule has 62 heavy (non-hydrogen) atoms. The quantitative estimate of drug-likeness (QED) is 0.0195. The molecule has 2 atom stereocenters. The van der Waals surface area contributed by atoms with E-state index in [-0.39, 0.29) is 26.1 Å². The monoisotopic (exact) mass is 894 g/mol. The molecule has 0 radical (unpaired) electrons. The number of nitrogens with zero attached hydrogens (tertiary/aromatic N) is 1. The summed E-state index contributed by atoms with van der Waals surface area (Å²) in [5.74, 6) is -0.855. The Morgan fingerprint density at radius 1 is 0.516 bits per heavy atom. The molecular formula is C52H96NO8P. The molecule has 10 heteroatoms. The molecule has 0 N–H and O–H groups in total. The van der Waals surface area contributed by atoms with Gasteiger partial charge in [-0.1, -0.05) is 223 Å². The largest absolute Gasteiger partial charge is 0.756 e. The molecule has 0 aromatic carbocycles. The van der Waals surface area contributed by atoms with Gasteiger partial charge in [-0.15, -0.1) is 0 Å². The predicted molar refractivity (Wildman–Crippen MR) is 259 cm³/mol. The van der Waals surface area contributed by atoms with Crippen LogP contribution >= 0.6 is 7.82 Å². The van der Waals surface area contributed by atoms with Gasteiger partial charge in [-0.05, 0) is 32.1 Å². The zero-order valence-electron chi connectivity index (χ0n) is 40.8. The number of rotatable bonds is 46. The molecule has 0 amide bonds. The molecule has 0 aromatic rings. The SMILES string of the molecule is CC/C=C/C=C/C=C/C=C/CCCCCCCC(=O)OC[C@H](COP(=O)([O-])OCC[N+](C)(C)C)OC(=O)CCCCCCCCCCCCCCCCCCCCCCCCC. The number of phosphoric acid groups is 1. The van der Waals surface area contributed by atoms with Crippen LogP contribution in [0.1, 0.15) is 219 Å². The van der Waals surface area contributed by atoms with E-state index in [0.29, 0.717) is 23.9 Å². The van der Waals surface area contributed by atoms with E-state index >= 15 is 0 Å². The summed E-state index contributed by atoms with van der Waals surface area (Å²) in [7, 11) is 1.15. The van der Waals surface area contributed by atoms with Gasteiger partial charge in [-0.2, -0.15) is 0 Å². The fourth-order valence-corrected chi connectivity index (χ4v) is 7.75. The first-order valence-corrected chi connectivity index (χ1v) is 26.9. The van der Waals surface area contributed by atoms with Gasteiger partial charge in [-0.3, -0.25) is 14.2 Å². The van der Waals surface area contributed by atoms with Crippen LogP contribution in [0, 0.1) is 0 Å². The summed E-state index contributed by atoms with van der Waals surface area (Å²) in [5, 5.41) is 0. The average Bonchev–Trinajstić information content (AvgIpc) is 3.23. The summed E-state index contributed by atoms with van der Waals surface area (Å²) in [5.41, 5.74) is 0. The first-order valence-electron chi connectivity index (χ1n) is 25.4. The normalized spacial score (nSPS) is 13.8. The lowest BCUT2D eigenvalue weighted by Crippen LogP contribution is -2.37. The Morgan fingerprint density at radius 2 is 0.919 bits per heavy atom. The zero-order valence-corrected chi connectivity index (χ0v) is 41.7. The van der Waals surface area contributed by atoms with Crippen LogP contribution in [0.2, 0.25) is 0 Å². The number of hydrogen-bond acceptors (Lipinski definition) is 8. The number of carbonyl (C=O) groups excluding carboxylic acids is 2. The predicted octanol–water partition coefficient (Wildman–Crippen LogP) is 14.4. The van der Waals surface area contributed by atoms with Crippen molar-refractivity contribution in [3.05, 3.63) is 48.6 Å². The molecule has 0 aromatic heterocycles. The van der Waals surface area contributed by atoms with E-state index < -0.39 is 32.5 Å². The van der Waals surface area contributed by atoms with E-state index in [1.54, 1.807) is 0 Å². The second-order valence-corrected chi connectivity index (χ2v) is 19.7. The van der Waals surface area contributed by atoms with Crippen LogP contribution in [-0.4, -0.2) is 70.0 Å². The van der Waals surface area contributed by atoms with Gasteiger partial charge in [0.2, 0.25) is 0 Å². The van der Waals surface area contributed by atoms with E-state index in [0.717, 1.165) is 51.4 Å². The third-order valence-electron chi connectivity index (χ3n) is 11.0. The smallest absolute Gasteiger partial charge is 0.306 e. The molecule has 362 valence electrons. The molecule has 0 saturated heterocycles. The number of esters is 2. The van der Waals surface area contributed by atoms with E-state index in [2.05, 4.69) is 32.1 Å². The minimum Gasteiger partial charge on any atom is -0.756 e. The maximum absolute atomic E-state index is 12.7. The highest BCUT2D eigenvalue weighted by molar-refractivity contribution is 7.45. The molecule has 0 aliphatic heterocycles. The van der Waals surface area contributed by atoms with Crippen molar-refractivity contribution in [2.45, 2.75) is 225 Å². The molecule has 0 rings (SSSR count). The highest BCUT2D eigenvalue weighted by atomic mass is 31.2. The first-order chi connectivity index (χ1) is 30.0. The Hall–Kier alpha value is -2.03. The third kappa shape index (κ3) is 47.4. The summed E-state index contributed by atoms with van der Waals surface area (Å²) in [6.07, 6.45) is 52.9. The number of carbonyl (C=O) groups is 2. The minimum absolute atomic E-state index is 0.0352. The number of phosphoric ester groups is 1. The van der Waals surface area contributed by atoms with Crippen molar-refractivity contribution in [2.24, 2.45) is 0 Å². The maximum atomic E-state index is 12.7. The van der Waals surface area contributed by atoms with Crippen molar-refractivity contribution in [1.29, 1.82) is 0 Å². The summed E-state index contributed by atoms with van der Waals surface area (Å²) in [6, 6.07) is 0. The van der Waals surface area contributed by atoms with Gasteiger partial charge < -0.3 is 27.9 Å². The zero-order chi connectivity index (χ0) is 45.7. The standard InChI is InChI=1S/C52H96NO8P/c1-6-8-10-12-14-16-18-20-22-23-24-25-26-27-28-29-31-33-35-37-39-41-43-45-52(55)61-50(49-60-62(56,57)59-47-46-53(3,4)5)48-58-51(54)44-42-40-38-36-34-32-30-21-19-17-15-13-11-9-7-2/h9,11,13,15,17,19,21,30,50H,6-8,10,12,14,16,18,20,22-29,31-49H2,1-5H3/b11-9+,15-13+,19-17+,30-21+/t50-/m1/s1. The van der Waals surface area contributed by atoms with Crippen LogP contribution in [0.3, 0.4) is 0 Å². The minimum atomic E-state index is -4.63. The van der Waals surface area contributed by atoms with Gasteiger partial charge in [0.25, 0.3) is 7.82 Å². The van der Waals surface area contributed by atoms with Gasteiger partial charge in [0, 0.05) is 12.8 Å². The topological polar surface area (TPSA) is 111 Å². The molecule has 9 nitrogen and oxygen atoms in total. The summed E-state index contributed by atoms with van der Waals surface area (Å²) in [4.78, 5) is 37.7. The number of allylic oxidation sites excluding steroid dienone is 8. The van der Waals surface area contributed by atoms with Crippen LogP contribution in [0.25, 0.3) is 0 Å². The number of ether oxygens (including phenoxy) is 2. The van der Waals surface area contributed by atoms with Crippen LogP contribution in [0.5, 0.6) is 0 Å². The number of likely N-dealkylation sites (N-methyl/N-ethyl adjacent to an activating group) is 1. The van der Waals surface area contributed by atoms with Crippen LogP contribution in [0.4, 0.5) is 0 Å². The lowest BCUT2D eigenvalue weighted by molar-refractivity contribution is -0.870. The van der Waals surface area contributed by atoms with Crippen LogP contribution in [0.15, 0.2) is 48.6 Å². The molecule has 0 saturated carbocycles. The Balaban J connectivity index is 4.22. The highest BCUT2D eigenvalue weighted by Crippen LogP contribution is 2.38. The van der Waals surface area contributed by atoms with Crippen molar-refractivity contribution < 1.29 is 42.1 Å². The second kappa shape index (κ2) is 44.2. The molecule has 0 aliphatic rings. The van der Waals surface area contributed by atoms with Gasteiger partial charge >= 0.3 is 11.9 Å². The molecule has 0 spiro atoms. The van der Waals surface area contributed by atoms with Crippen molar-refractivity contribution in [2.75, 3.05) is 47.5 Å². The average molecular weight is 894 g/mol. The lowest BCUT2D eigenvalue weighted by atomic mass is 10.0. The van der Waals surface area contributed by atoms with Crippen molar-refractivity contribution >= 4 is 19.8 Å². The lowest BCUT2D eigenvalue weighted by Gasteiger charge is -2.28. The van der Waals surface area contributed by atoms with Crippen LogP contribution < -0.4 is 4.89 Å². The van der Waals surface area contributed by atoms with E-state index in [1.165, 1.54) is 128 Å². The molecule has 0 heterocycles. The molecule has 1 unspecified atom stereocenters. The Bertz CT molecular complexity index is 1190. The second-order valence-electron chi connectivity index (χ2n) is 18.3.